The first-order valence-electron chi connectivity index (χ1n) is 12.6. The number of carbonyl (C=O) groups is 2. The maximum absolute atomic E-state index is 13.7. The van der Waals surface area contributed by atoms with Crippen molar-refractivity contribution in [2.24, 2.45) is 16.5 Å². The summed E-state index contributed by atoms with van der Waals surface area (Å²) in [6, 6.07) is 28.8. The Balaban J connectivity index is 1.30. The minimum absolute atomic E-state index is 0.0939. The molecule has 36 heavy (non-hydrogen) atoms. The number of hydrogen-bond acceptors (Lipinski definition) is 5. The fourth-order valence-corrected chi connectivity index (χ4v) is 4.76. The van der Waals surface area contributed by atoms with Gasteiger partial charge in [-0.25, -0.2) is 4.99 Å². The Morgan fingerprint density at radius 3 is 1.97 bits per heavy atom. The van der Waals surface area contributed by atoms with Crippen molar-refractivity contribution >= 4 is 17.6 Å². The third kappa shape index (κ3) is 5.55. The Labute approximate surface area is 213 Å². The van der Waals surface area contributed by atoms with Crippen LogP contribution in [0.4, 0.5) is 0 Å². The highest BCUT2D eigenvalue weighted by Gasteiger charge is 2.50. The smallest absolute Gasteiger partial charge is 0.266 e. The number of amides is 1. The molecular formula is C30H34N4O2. The topological polar surface area (TPSA) is 102 Å². The van der Waals surface area contributed by atoms with E-state index in [0.29, 0.717) is 19.4 Å². The van der Waals surface area contributed by atoms with Gasteiger partial charge in [0.1, 0.15) is 5.78 Å². The Bertz CT molecular complexity index is 1140. The second kappa shape index (κ2) is 11.8. The predicted octanol–water partition coefficient (Wildman–Crippen LogP) is 4.18. The highest BCUT2D eigenvalue weighted by molar-refractivity contribution is 6.09. The number of aryl methyl sites for hydroxylation is 1. The summed E-state index contributed by atoms with van der Waals surface area (Å²) in [5.74, 6) is 0.180. The zero-order valence-corrected chi connectivity index (χ0v) is 20.6. The number of carbonyl (C=O) groups excluding carboxylic acids is 2. The normalized spacial score (nSPS) is 15.5. The van der Waals surface area contributed by atoms with Gasteiger partial charge in [-0.3, -0.25) is 14.5 Å². The number of unbranched alkanes of at least 4 members (excludes halogenated alkanes) is 2. The zero-order chi connectivity index (χ0) is 25.4. The molecule has 4 N–H and O–H groups in total. The van der Waals surface area contributed by atoms with Crippen molar-refractivity contribution in [2.75, 3.05) is 6.54 Å². The Kier molecular flexibility index (Phi) is 8.28. The molecular weight excluding hydrogens is 448 g/mol. The van der Waals surface area contributed by atoms with Gasteiger partial charge in [0.2, 0.25) is 0 Å². The number of Topliss-reactive ketones (excluding diaryl/α,β-unsaturated/α-hetero) is 1. The van der Waals surface area contributed by atoms with Crippen molar-refractivity contribution in [3.05, 3.63) is 108 Å². The van der Waals surface area contributed by atoms with Crippen LogP contribution in [-0.2, 0) is 21.5 Å². The molecule has 4 rings (SSSR count). The molecule has 0 spiro atoms. The lowest BCUT2D eigenvalue weighted by Crippen LogP contribution is -2.44. The van der Waals surface area contributed by atoms with Crippen molar-refractivity contribution in [1.82, 2.24) is 4.90 Å². The molecule has 1 amide bonds. The largest absolute Gasteiger partial charge is 0.369 e. The van der Waals surface area contributed by atoms with Crippen molar-refractivity contribution in [3.63, 3.8) is 0 Å². The fraction of sp³-hybridized carbons (Fsp3) is 0.300. The Hall–Kier alpha value is -3.77. The number of nitrogens with two attached hydrogens (primary N) is 2. The standard InChI is InChI=1S/C30H34N4O2/c31-26(21-20-23-13-5-1-6-14-23)27(35)19-11-4-12-22-34-28(36)30(33-29(34)32,24-15-7-2-8-16-24)25-17-9-3-10-18-25/h1-3,5-10,13-18,26H,4,11-12,19-22,31H2,(H2,32,33)/t26-/m0/s1. The maximum atomic E-state index is 13.7. The lowest BCUT2D eigenvalue weighted by atomic mass is 9.83. The summed E-state index contributed by atoms with van der Waals surface area (Å²) in [7, 11) is 0. The lowest BCUT2D eigenvalue weighted by molar-refractivity contribution is -0.130. The molecule has 3 aromatic carbocycles. The summed E-state index contributed by atoms with van der Waals surface area (Å²) in [5, 5.41) is 0. The third-order valence-corrected chi connectivity index (χ3v) is 6.80. The number of ketones is 1. The molecule has 1 aliphatic rings. The van der Waals surface area contributed by atoms with E-state index in [2.05, 4.69) is 12.1 Å². The van der Waals surface area contributed by atoms with E-state index in [1.165, 1.54) is 5.56 Å². The summed E-state index contributed by atoms with van der Waals surface area (Å²) in [6.45, 7) is 0.462. The van der Waals surface area contributed by atoms with E-state index in [-0.39, 0.29) is 17.6 Å². The Morgan fingerprint density at radius 1 is 0.833 bits per heavy atom. The van der Waals surface area contributed by atoms with Gasteiger partial charge in [0.15, 0.2) is 11.5 Å². The minimum atomic E-state index is -1.17. The molecule has 6 heteroatoms. The molecule has 0 aromatic heterocycles. The van der Waals surface area contributed by atoms with E-state index in [9.17, 15) is 9.59 Å². The van der Waals surface area contributed by atoms with Gasteiger partial charge in [-0.1, -0.05) is 97.4 Å². The minimum Gasteiger partial charge on any atom is -0.369 e. The van der Waals surface area contributed by atoms with Crippen LogP contribution in [0.25, 0.3) is 0 Å². The Morgan fingerprint density at radius 2 is 1.39 bits per heavy atom. The number of aliphatic imine (C=N–C) groups is 1. The summed E-state index contributed by atoms with van der Waals surface area (Å²) < 4.78 is 0. The van der Waals surface area contributed by atoms with Gasteiger partial charge in [-0.15, -0.1) is 0 Å². The molecule has 1 aliphatic heterocycles. The van der Waals surface area contributed by atoms with E-state index in [1.54, 1.807) is 4.90 Å². The number of nitrogens with zero attached hydrogens (tertiary/aromatic N) is 2. The molecule has 0 bridgehead atoms. The van der Waals surface area contributed by atoms with Gasteiger partial charge in [-0.05, 0) is 42.4 Å². The van der Waals surface area contributed by atoms with Crippen LogP contribution in [-0.4, -0.2) is 35.1 Å². The van der Waals surface area contributed by atoms with Gasteiger partial charge in [0, 0.05) is 13.0 Å². The van der Waals surface area contributed by atoms with Crippen LogP contribution in [0.3, 0.4) is 0 Å². The van der Waals surface area contributed by atoms with E-state index in [1.807, 2.05) is 78.9 Å². The second-order valence-electron chi connectivity index (χ2n) is 9.28. The first kappa shape index (κ1) is 25.3. The quantitative estimate of drug-likeness (QED) is 0.378. The molecule has 0 fully saturated rings. The van der Waals surface area contributed by atoms with Crippen LogP contribution in [0.1, 0.15) is 48.8 Å². The average Bonchev–Trinajstić information content (AvgIpc) is 3.18. The molecule has 6 nitrogen and oxygen atoms in total. The van der Waals surface area contributed by atoms with Crippen LogP contribution in [0.2, 0.25) is 0 Å². The second-order valence-corrected chi connectivity index (χ2v) is 9.28. The lowest BCUT2D eigenvalue weighted by Gasteiger charge is -2.27. The summed E-state index contributed by atoms with van der Waals surface area (Å²) in [6.07, 6.45) is 4.17. The first-order chi connectivity index (χ1) is 17.5. The molecule has 186 valence electrons. The number of hydrogen-bond donors (Lipinski definition) is 2. The first-order valence-corrected chi connectivity index (χ1v) is 12.6. The SMILES string of the molecule is NC1=NC(c2ccccc2)(c2ccccc2)C(=O)N1CCCCCC(=O)[C@@H](N)CCc1ccccc1. The van der Waals surface area contributed by atoms with E-state index < -0.39 is 11.6 Å². The van der Waals surface area contributed by atoms with Crippen LogP contribution < -0.4 is 11.5 Å². The fourth-order valence-electron chi connectivity index (χ4n) is 4.76. The number of rotatable bonds is 12. The molecule has 0 saturated heterocycles. The van der Waals surface area contributed by atoms with Gasteiger partial charge in [-0.2, -0.15) is 0 Å². The van der Waals surface area contributed by atoms with E-state index >= 15 is 0 Å². The molecule has 0 aliphatic carbocycles. The third-order valence-electron chi connectivity index (χ3n) is 6.80. The van der Waals surface area contributed by atoms with Crippen LogP contribution in [0.15, 0.2) is 96.0 Å². The molecule has 0 unspecified atom stereocenters. The molecule has 1 heterocycles. The van der Waals surface area contributed by atoms with Crippen molar-refractivity contribution < 1.29 is 9.59 Å². The van der Waals surface area contributed by atoms with Gasteiger partial charge in [0.25, 0.3) is 5.91 Å². The van der Waals surface area contributed by atoms with Crippen molar-refractivity contribution in [3.8, 4) is 0 Å². The van der Waals surface area contributed by atoms with E-state index in [0.717, 1.165) is 36.8 Å². The summed E-state index contributed by atoms with van der Waals surface area (Å²) in [5.41, 5.74) is 14.0. The summed E-state index contributed by atoms with van der Waals surface area (Å²) in [4.78, 5) is 32.5. The maximum Gasteiger partial charge on any atom is 0.266 e. The molecule has 1 atom stereocenters. The summed E-state index contributed by atoms with van der Waals surface area (Å²) >= 11 is 0. The number of guanidine groups is 1. The molecule has 0 radical (unpaired) electrons. The van der Waals surface area contributed by atoms with Crippen LogP contribution in [0, 0.1) is 0 Å². The van der Waals surface area contributed by atoms with E-state index in [4.69, 9.17) is 16.5 Å². The van der Waals surface area contributed by atoms with Gasteiger partial charge < -0.3 is 11.5 Å². The van der Waals surface area contributed by atoms with Gasteiger partial charge >= 0.3 is 0 Å². The highest BCUT2D eigenvalue weighted by Crippen LogP contribution is 2.39. The predicted molar refractivity (Wildman–Crippen MR) is 143 cm³/mol. The monoisotopic (exact) mass is 482 g/mol. The number of benzene rings is 3. The van der Waals surface area contributed by atoms with Crippen molar-refractivity contribution in [2.45, 2.75) is 50.1 Å². The van der Waals surface area contributed by atoms with Crippen molar-refractivity contribution in [1.29, 1.82) is 0 Å². The average molecular weight is 483 g/mol. The van der Waals surface area contributed by atoms with Crippen LogP contribution >= 0.6 is 0 Å². The zero-order valence-electron chi connectivity index (χ0n) is 20.6. The molecule has 3 aromatic rings. The van der Waals surface area contributed by atoms with Gasteiger partial charge in [0.05, 0.1) is 6.04 Å². The molecule has 0 saturated carbocycles. The van der Waals surface area contributed by atoms with Crippen LogP contribution in [0.5, 0.6) is 0 Å². The highest BCUT2D eigenvalue weighted by atomic mass is 16.2.